The second-order valence-electron chi connectivity index (χ2n) is 8.65. The van der Waals surface area contributed by atoms with E-state index in [0.717, 1.165) is 23.2 Å². The summed E-state index contributed by atoms with van der Waals surface area (Å²) in [6.07, 6.45) is 2.85. The van der Waals surface area contributed by atoms with Gasteiger partial charge in [-0.1, -0.05) is 55.8 Å². The van der Waals surface area contributed by atoms with Crippen molar-refractivity contribution < 1.29 is 9.59 Å². The van der Waals surface area contributed by atoms with Gasteiger partial charge in [-0.25, -0.2) is 0 Å². The van der Waals surface area contributed by atoms with Crippen molar-refractivity contribution >= 4 is 23.4 Å². The predicted octanol–water partition coefficient (Wildman–Crippen LogP) is 5.05. The molecule has 1 atom stereocenters. The Balaban J connectivity index is 1.77. The topological polar surface area (TPSA) is 54.3 Å². The minimum Gasteiger partial charge on any atom is -0.354 e. The molecule has 1 aromatic heterocycles. The van der Waals surface area contributed by atoms with Gasteiger partial charge in [0.15, 0.2) is 6.04 Å². The van der Waals surface area contributed by atoms with Crippen molar-refractivity contribution in [3.05, 3.63) is 94.3 Å². The summed E-state index contributed by atoms with van der Waals surface area (Å²) in [5.74, 6) is 0.175. The van der Waals surface area contributed by atoms with Crippen LogP contribution >= 0.6 is 11.6 Å². The van der Waals surface area contributed by atoms with Gasteiger partial charge in [0.1, 0.15) is 0 Å². The van der Waals surface area contributed by atoms with E-state index in [0.29, 0.717) is 36.1 Å². The molecule has 0 fully saturated rings. The van der Waals surface area contributed by atoms with Crippen LogP contribution in [-0.4, -0.2) is 27.8 Å². The molecule has 0 bridgehead atoms. The number of amides is 2. The molecule has 1 unspecified atom stereocenters. The van der Waals surface area contributed by atoms with E-state index in [1.807, 2.05) is 54.7 Å². The van der Waals surface area contributed by atoms with Crippen molar-refractivity contribution in [3.8, 4) is 0 Å². The summed E-state index contributed by atoms with van der Waals surface area (Å²) in [7, 11) is 0. The number of fused-ring (bicyclic) bond motifs is 2. The molecular weight excluding hydrogens is 422 g/mol. The molecule has 32 heavy (non-hydrogen) atoms. The zero-order valence-electron chi connectivity index (χ0n) is 18.4. The highest BCUT2D eigenvalue weighted by Gasteiger charge is 2.36. The third-order valence-corrected chi connectivity index (χ3v) is 6.09. The first-order valence-electron chi connectivity index (χ1n) is 11.0. The Morgan fingerprint density at radius 1 is 1.09 bits per heavy atom. The van der Waals surface area contributed by atoms with Crippen LogP contribution in [0.25, 0.3) is 0 Å². The minimum absolute atomic E-state index is 0.146. The first-order chi connectivity index (χ1) is 15.4. The molecule has 1 aliphatic heterocycles. The number of hydrogen-bond acceptors (Lipinski definition) is 2. The molecule has 3 aromatic rings. The Bertz CT molecular complexity index is 1100. The Hall–Kier alpha value is -3.05. The predicted molar refractivity (Wildman–Crippen MR) is 127 cm³/mol. The molecule has 1 N–H and O–H groups in total. The van der Waals surface area contributed by atoms with Crippen LogP contribution in [0.4, 0.5) is 0 Å². The van der Waals surface area contributed by atoms with E-state index in [2.05, 4.69) is 23.7 Å². The number of halogens is 1. The molecule has 0 saturated heterocycles. The van der Waals surface area contributed by atoms with E-state index in [4.69, 9.17) is 11.6 Å². The number of nitrogens with zero attached hydrogens (tertiary/aromatic N) is 2. The van der Waals surface area contributed by atoms with Gasteiger partial charge in [-0.3, -0.25) is 9.59 Å². The lowest BCUT2D eigenvalue weighted by Gasteiger charge is -2.34. The highest BCUT2D eigenvalue weighted by molar-refractivity contribution is 6.30. The standard InChI is InChI=1S/C26H28ClN3O2/c1-18(2)13-14-28-25(31)24-23-8-5-15-29(23)17-20-6-3-4-7-22(20)26(32)30(24)16-19-9-11-21(27)12-10-19/h3-12,15,18,24H,13-14,16-17H2,1-2H3,(H,28,31). The minimum atomic E-state index is -0.728. The third-order valence-electron chi connectivity index (χ3n) is 5.84. The fourth-order valence-corrected chi connectivity index (χ4v) is 4.23. The maximum atomic E-state index is 13.8. The fourth-order valence-electron chi connectivity index (χ4n) is 4.11. The summed E-state index contributed by atoms with van der Waals surface area (Å²) in [4.78, 5) is 29.0. The van der Waals surface area contributed by atoms with E-state index >= 15 is 0 Å². The van der Waals surface area contributed by atoms with Crippen LogP contribution in [0.15, 0.2) is 66.9 Å². The molecule has 1 aliphatic rings. The van der Waals surface area contributed by atoms with Gasteiger partial charge >= 0.3 is 0 Å². The molecule has 166 valence electrons. The molecule has 6 heteroatoms. The quantitative estimate of drug-likeness (QED) is 0.572. The van der Waals surface area contributed by atoms with E-state index in [1.165, 1.54) is 0 Å². The van der Waals surface area contributed by atoms with E-state index < -0.39 is 6.04 Å². The van der Waals surface area contributed by atoms with Crippen LogP contribution < -0.4 is 5.32 Å². The van der Waals surface area contributed by atoms with Gasteiger partial charge in [-0.05, 0) is 53.8 Å². The van der Waals surface area contributed by atoms with Gasteiger partial charge in [0.25, 0.3) is 5.91 Å². The number of rotatable bonds is 6. The van der Waals surface area contributed by atoms with Crippen LogP contribution in [0.3, 0.4) is 0 Å². The number of nitrogens with one attached hydrogen (secondary N) is 1. The maximum absolute atomic E-state index is 13.8. The van der Waals surface area contributed by atoms with Crippen molar-refractivity contribution in [2.24, 2.45) is 5.92 Å². The summed E-state index contributed by atoms with van der Waals surface area (Å²) < 4.78 is 2.06. The van der Waals surface area contributed by atoms with Crippen LogP contribution in [-0.2, 0) is 17.9 Å². The van der Waals surface area contributed by atoms with Crippen LogP contribution in [0.5, 0.6) is 0 Å². The van der Waals surface area contributed by atoms with Gasteiger partial charge in [0.05, 0.1) is 5.69 Å². The van der Waals surface area contributed by atoms with Gasteiger partial charge in [-0.15, -0.1) is 0 Å². The third kappa shape index (κ3) is 4.73. The monoisotopic (exact) mass is 449 g/mol. The number of carbonyl (C=O) groups is 2. The maximum Gasteiger partial charge on any atom is 0.255 e. The molecule has 4 rings (SSSR count). The van der Waals surface area contributed by atoms with Crippen LogP contribution in [0.1, 0.15) is 53.5 Å². The van der Waals surface area contributed by atoms with Crippen molar-refractivity contribution in [3.63, 3.8) is 0 Å². The van der Waals surface area contributed by atoms with Crippen molar-refractivity contribution in [2.75, 3.05) is 6.54 Å². The highest BCUT2D eigenvalue weighted by Crippen LogP contribution is 2.30. The van der Waals surface area contributed by atoms with Crippen molar-refractivity contribution in [1.29, 1.82) is 0 Å². The van der Waals surface area contributed by atoms with Gasteiger partial charge < -0.3 is 14.8 Å². The Labute approximate surface area is 194 Å². The smallest absolute Gasteiger partial charge is 0.255 e. The molecule has 0 radical (unpaired) electrons. The number of hydrogen-bond donors (Lipinski definition) is 1. The van der Waals surface area contributed by atoms with Gasteiger partial charge in [-0.2, -0.15) is 0 Å². The van der Waals surface area contributed by atoms with Crippen LogP contribution in [0, 0.1) is 5.92 Å². The fraction of sp³-hybridized carbons (Fsp3) is 0.308. The van der Waals surface area contributed by atoms with E-state index in [1.54, 1.807) is 17.0 Å². The molecular formula is C26H28ClN3O2. The zero-order valence-corrected chi connectivity index (χ0v) is 19.2. The normalized spacial score (nSPS) is 15.7. The molecule has 2 aromatic carbocycles. The zero-order chi connectivity index (χ0) is 22.7. The first-order valence-corrected chi connectivity index (χ1v) is 11.4. The summed E-state index contributed by atoms with van der Waals surface area (Å²) in [6.45, 7) is 5.68. The highest BCUT2D eigenvalue weighted by atomic mass is 35.5. The summed E-state index contributed by atoms with van der Waals surface area (Å²) >= 11 is 6.06. The van der Waals surface area contributed by atoms with Gasteiger partial charge in [0, 0.05) is 36.4 Å². The Morgan fingerprint density at radius 2 is 1.84 bits per heavy atom. The molecule has 2 amide bonds. The molecule has 0 aliphatic carbocycles. The number of benzene rings is 2. The van der Waals surface area contributed by atoms with Crippen molar-refractivity contribution in [1.82, 2.24) is 14.8 Å². The average Bonchev–Trinajstić information content (AvgIpc) is 3.21. The Kier molecular flexibility index (Phi) is 6.66. The molecule has 0 spiro atoms. The molecule has 5 nitrogen and oxygen atoms in total. The van der Waals surface area contributed by atoms with E-state index in [9.17, 15) is 9.59 Å². The summed E-state index contributed by atoms with van der Waals surface area (Å²) in [6, 6.07) is 18.2. The lowest BCUT2D eigenvalue weighted by Crippen LogP contribution is -2.45. The van der Waals surface area contributed by atoms with Crippen LogP contribution in [0.2, 0.25) is 5.02 Å². The van der Waals surface area contributed by atoms with Gasteiger partial charge in [0.2, 0.25) is 5.91 Å². The lowest BCUT2D eigenvalue weighted by molar-refractivity contribution is -0.126. The second kappa shape index (κ2) is 9.61. The number of aromatic nitrogens is 1. The average molecular weight is 450 g/mol. The second-order valence-corrected chi connectivity index (χ2v) is 9.09. The molecule has 2 heterocycles. The summed E-state index contributed by atoms with van der Waals surface area (Å²) in [5.41, 5.74) is 3.29. The first kappa shape index (κ1) is 22.2. The Morgan fingerprint density at radius 3 is 2.59 bits per heavy atom. The largest absolute Gasteiger partial charge is 0.354 e. The van der Waals surface area contributed by atoms with Crippen molar-refractivity contribution in [2.45, 2.75) is 39.4 Å². The SMILES string of the molecule is CC(C)CCNC(=O)C1c2cccn2Cc2ccccc2C(=O)N1Cc1ccc(Cl)cc1. The number of carbonyl (C=O) groups excluding carboxylic acids is 2. The lowest BCUT2D eigenvalue weighted by atomic mass is 10.00. The summed E-state index contributed by atoms with van der Waals surface area (Å²) in [5, 5.41) is 3.70. The molecule has 0 saturated carbocycles. The van der Waals surface area contributed by atoms with E-state index in [-0.39, 0.29) is 11.8 Å².